The van der Waals surface area contributed by atoms with E-state index in [4.69, 9.17) is 5.11 Å². The summed E-state index contributed by atoms with van der Waals surface area (Å²) in [4.78, 5) is 23.0. The van der Waals surface area contributed by atoms with Crippen LogP contribution in [-0.4, -0.2) is 23.5 Å². The first-order chi connectivity index (χ1) is 9.11. The zero-order chi connectivity index (χ0) is 13.7. The number of hydrogen-bond acceptors (Lipinski definition) is 3. The number of thiophene rings is 1. The molecule has 0 bridgehead atoms. The number of hydrogen-bond donors (Lipinski definition) is 2. The van der Waals surface area contributed by atoms with E-state index >= 15 is 0 Å². The zero-order valence-electron chi connectivity index (χ0n) is 10.9. The summed E-state index contributed by atoms with van der Waals surface area (Å²) in [5.41, 5.74) is 0.404. The van der Waals surface area contributed by atoms with Gasteiger partial charge in [-0.3, -0.25) is 9.59 Å². The Hall–Kier alpha value is -1.36. The van der Waals surface area contributed by atoms with Crippen LogP contribution in [0.3, 0.4) is 0 Å². The number of rotatable bonds is 5. The van der Waals surface area contributed by atoms with Gasteiger partial charge in [0.15, 0.2) is 0 Å². The number of carboxylic acid groups (broad SMARTS) is 1. The molecule has 0 spiro atoms. The van der Waals surface area contributed by atoms with Crippen molar-refractivity contribution >= 4 is 23.2 Å². The molecular weight excluding hydrogens is 262 g/mol. The second-order valence-electron chi connectivity index (χ2n) is 5.33. The Labute approximate surface area is 116 Å². The van der Waals surface area contributed by atoms with E-state index in [-0.39, 0.29) is 17.7 Å². The first kappa shape index (κ1) is 14.1. The van der Waals surface area contributed by atoms with Crippen LogP contribution in [0.5, 0.6) is 0 Å². The van der Waals surface area contributed by atoms with Crippen molar-refractivity contribution in [1.82, 2.24) is 5.32 Å². The first-order valence-corrected chi connectivity index (χ1v) is 7.58. The first-order valence-electron chi connectivity index (χ1n) is 6.64. The second-order valence-corrected chi connectivity index (χ2v) is 6.11. The Morgan fingerprint density at radius 1 is 1.32 bits per heavy atom. The molecule has 0 radical (unpaired) electrons. The maximum atomic E-state index is 11.9. The van der Waals surface area contributed by atoms with E-state index in [1.54, 1.807) is 11.4 Å². The fraction of sp³-hybridized carbons (Fsp3) is 0.571. The highest BCUT2D eigenvalue weighted by molar-refractivity contribution is 7.08. The largest absolute Gasteiger partial charge is 0.481 e. The molecule has 5 heteroatoms. The quantitative estimate of drug-likeness (QED) is 0.872. The van der Waals surface area contributed by atoms with E-state index in [1.807, 2.05) is 5.38 Å². The fourth-order valence-corrected chi connectivity index (χ4v) is 3.44. The van der Waals surface area contributed by atoms with Gasteiger partial charge in [-0.05, 0) is 29.7 Å². The number of carboxylic acids is 1. The van der Waals surface area contributed by atoms with Gasteiger partial charge in [0.1, 0.15) is 0 Å². The van der Waals surface area contributed by atoms with Gasteiger partial charge in [-0.2, -0.15) is 11.3 Å². The van der Waals surface area contributed by atoms with Crippen molar-refractivity contribution in [1.29, 1.82) is 0 Å². The van der Waals surface area contributed by atoms with E-state index in [9.17, 15) is 9.59 Å². The van der Waals surface area contributed by atoms with Crippen molar-refractivity contribution in [3.8, 4) is 0 Å². The monoisotopic (exact) mass is 281 g/mol. The fourth-order valence-electron chi connectivity index (χ4n) is 2.80. The van der Waals surface area contributed by atoms with Gasteiger partial charge >= 0.3 is 5.97 Å². The Kier molecular flexibility index (Phi) is 4.58. The number of amides is 1. The standard InChI is InChI=1S/C14H19NO3S/c16-12(17)8-14(5-2-1-3-6-14)10-15-13(18)11-4-7-19-9-11/h4,7,9H,1-3,5-6,8,10H2,(H,15,18)(H,16,17). The molecule has 1 aliphatic rings. The summed E-state index contributed by atoms with van der Waals surface area (Å²) in [5.74, 6) is -0.872. The van der Waals surface area contributed by atoms with E-state index in [1.165, 1.54) is 17.8 Å². The maximum Gasteiger partial charge on any atom is 0.303 e. The van der Waals surface area contributed by atoms with Gasteiger partial charge in [-0.15, -0.1) is 0 Å². The molecule has 0 unspecified atom stereocenters. The number of nitrogens with one attached hydrogen (secondary N) is 1. The Morgan fingerprint density at radius 3 is 2.63 bits per heavy atom. The predicted molar refractivity (Wildman–Crippen MR) is 74.4 cm³/mol. The molecule has 4 nitrogen and oxygen atoms in total. The summed E-state index contributed by atoms with van der Waals surface area (Å²) in [6, 6.07) is 1.78. The van der Waals surface area contributed by atoms with Crippen molar-refractivity contribution in [2.45, 2.75) is 38.5 Å². The van der Waals surface area contributed by atoms with Crippen LogP contribution in [-0.2, 0) is 4.79 Å². The van der Waals surface area contributed by atoms with Crippen LogP contribution in [0.4, 0.5) is 0 Å². The molecule has 2 rings (SSSR count). The van der Waals surface area contributed by atoms with Gasteiger partial charge in [0.2, 0.25) is 0 Å². The highest BCUT2D eigenvalue weighted by Crippen LogP contribution is 2.38. The minimum absolute atomic E-state index is 0.100. The van der Waals surface area contributed by atoms with Crippen molar-refractivity contribution in [3.63, 3.8) is 0 Å². The minimum atomic E-state index is -0.772. The molecule has 104 valence electrons. The van der Waals surface area contributed by atoms with Crippen LogP contribution in [0.25, 0.3) is 0 Å². The average molecular weight is 281 g/mol. The van der Waals surface area contributed by atoms with Crippen LogP contribution in [0.2, 0.25) is 0 Å². The van der Waals surface area contributed by atoms with Gasteiger partial charge < -0.3 is 10.4 Å². The maximum absolute atomic E-state index is 11.9. The molecule has 1 aromatic heterocycles. The molecule has 1 heterocycles. The summed E-state index contributed by atoms with van der Waals surface area (Å²) in [7, 11) is 0. The lowest BCUT2D eigenvalue weighted by Gasteiger charge is -2.36. The molecule has 0 aromatic carbocycles. The van der Waals surface area contributed by atoms with Crippen LogP contribution < -0.4 is 5.32 Å². The van der Waals surface area contributed by atoms with E-state index in [2.05, 4.69) is 5.32 Å². The zero-order valence-corrected chi connectivity index (χ0v) is 11.7. The van der Waals surface area contributed by atoms with Crippen molar-refractivity contribution in [2.24, 2.45) is 5.41 Å². The summed E-state index contributed by atoms with van der Waals surface area (Å²) in [5, 5.41) is 15.6. The molecular formula is C14H19NO3S. The number of carbonyl (C=O) groups excluding carboxylic acids is 1. The summed E-state index contributed by atoms with van der Waals surface area (Å²) >= 11 is 1.48. The highest BCUT2D eigenvalue weighted by atomic mass is 32.1. The average Bonchev–Trinajstić information content (AvgIpc) is 2.90. The van der Waals surface area contributed by atoms with Gasteiger partial charge in [0.05, 0.1) is 6.42 Å². The van der Waals surface area contributed by atoms with Gasteiger partial charge in [-0.25, -0.2) is 0 Å². The van der Waals surface area contributed by atoms with Gasteiger partial charge in [0.25, 0.3) is 5.91 Å². The molecule has 1 saturated carbocycles. The molecule has 2 N–H and O–H groups in total. The Balaban J connectivity index is 1.96. The second kappa shape index (κ2) is 6.19. The minimum Gasteiger partial charge on any atom is -0.481 e. The number of carbonyl (C=O) groups is 2. The lowest BCUT2D eigenvalue weighted by molar-refractivity contribution is -0.140. The molecule has 1 fully saturated rings. The van der Waals surface area contributed by atoms with Crippen molar-refractivity contribution < 1.29 is 14.7 Å². The van der Waals surface area contributed by atoms with Gasteiger partial charge in [-0.1, -0.05) is 19.3 Å². The molecule has 19 heavy (non-hydrogen) atoms. The molecule has 0 atom stereocenters. The lowest BCUT2D eigenvalue weighted by atomic mass is 9.71. The van der Waals surface area contributed by atoms with Crippen LogP contribution >= 0.6 is 11.3 Å². The predicted octanol–water partition coefficient (Wildman–Crippen LogP) is 2.90. The van der Waals surface area contributed by atoms with Crippen molar-refractivity contribution in [2.75, 3.05) is 6.54 Å². The third-order valence-electron chi connectivity index (χ3n) is 3.85. The summed E-state index contributed by atoms with van der Waals surface area (Å²) in [6.07, 6.45) is 5.21. The topological polar surface area (TPSA) is 66.4 Å². The summed E-state index contributed by atoms with van der Waals surface area (Å²) < 4.78 is 0. The van der Waals surface area contributed by atoms with E-state index in [0.717, 1.165) is 25.7 Å². The number of aliphatic carboxylic acids is 1. The Morgan fingerprint density at radius 2 is 2.05 bits per heavy atom. The van der Waals surface area contributed by atoms with Crippen molar-refractivity contribution in [3.05, 3.63) is 22.4 Å². The smallest absolute Gasteiger partial charge is 0.303 e. The Bertz CT molecular complexity index is 436. The molecule has 1 aliphatic carbocycles. The molecule has 0 aliphatic heterocycles. The molecule has 1 aromatic rings. The lowest BCUT2D eigenvalue weighted by Crippen LogP contribution is -2.40. The molecule has 1 amide bonds. The SMILES string of the molecule is O=C(O)CC1(CNC(=O)c2ccsc2)CCCCC1. The van der Waals surface area contributed by atoms with E-state index in [0.29, 0.717) is 12.1 Å². The van der Waals surface area contributed by atoms with Crippen LogP contribution in [0, 0.1) is 5.41 Å². The highest BCUT2D eigenvalue weighted by Gasteiger charge is 2.34. The third-order valence-corrected chi connectivity index (χ3v) is 4.53. The van der Waals surface area contributed by atoms with Crippen LogP contribution in [0.15, 0.2) is 16.8 Å². The normalized spacial score (nSPS) is 17.9. The summed E-state index contributed by atoms with van der Waals surface area (Å²) in [6.45, 7) is 0.466. The molecule has 0 saturated heterocycles. The van der Waals surface area contributed by atoms with Crippen LogP contribution in [0.1, 0.15) is 48.9 Å². The van der Waals surface area contributed by atoms with Gasteiger partial charge in [0, 0.05) is 17.5 Å². The third kappa shape index (κ3) is 3.80. The van der Waals surface area contributed by atoms with E-state index < -0.39 is 5.97 Å².